The van der Waals surface area contributed by atoms with Gasteiger partial charge in [0.15, 0.2) is 5.78 Å². The monoisotopic (exact) mass is 2040 g/mol. The van der Waals surface area contributed by atoms with Crippen LogP contribution in [0.3, 0.4) is 0 Å². The highest BCUT2D eigenvalue weighted by molar-refractivity contribution is 6.68. The third-order valence-electron chi connectivity index (χ3n) is 21.9. The van der Waals surface area contributed by atoms with Crippen molar-refractivity contribution in [1.82, 2.24) is 30.3 Å². The summed E-state index contributed by atoms with van der Waals surface area (Å²) < 4.78 is 15.2. The molecule has 718 valence electrons. The van der Waals surface area contributed by atoms with E-state index in [2.05, 4.69) is 123 Å². The maximum Gasteiger partial charge on any atom is 0.415 e. The number of piperidine rings is 4. The Morgan fingerprint density at radius 2 is 0.619 bits per heavy atom. The van der Waals surface area contributed by atoms with Crippen molar-refractivity contribution in [3.63, 3.8) is 0 Å². The van der Waals surface area contributed by atoms with Crippen LogP contribution in [0.2, 0.25) is 0 Å². The van der Waals surface area contributed by atoms with E-state index in [0.717, 1.165) is 70.4 Å². The fraction of sp³-hybridized carbons (Fsp3) is 0.295. The molecule has 0 bridgehead atoms. The van der Waals surface area contributed by atoms with Crippen molar-refractivity contribution in [2.24, 2.45) is 0 Å². The number of carbonyl (C=O) groups excluding carboxylic acids is 8. The number of aryl methyl sites for hydroxylation is 4. The van der Waals surface area contributed by atoms with Gasteiger partial charge in [0.25, 0.3) is 0 Å². The van der Waals surface area contributed by atoms with Crippen molar-refractivity contribution in [3.05, 3.63) is 360 Å². The van der Waals surface area contributed by atoms with E-state index in [1.54, 1.807) is 31.6 Å². The standard InChI is InChI=1S/2C24H22Cl3NO3.2C21H21NO.C16H12Cl3NO3.C6H7NO/c2*25-24(26,27)17-31-23(30)28-20(13-11-18-7-3-1-4-8-18)15-22(29)16-21(28)14-12-19-9-5-2-6-10-19;2*23-21-15-19(13-11-17-7-3-1-4-8-17)22-20(16-21)14-12-18-9-5-2-6-10-18;17-16(18,19)11-23-15(22)20-9-8-14(21)10-13(20)7-6-12-4-2-1-3-5-12;1-8-6-2-4-7-5-3-6/h2*1-10,20-21H,11,13,15-17H2;2*1-10,19-20,22H,11,13,15-16H2;1-5,8-9,13H,10-11H2;2-5H,1H3/t20-,21+;20-,21-;19-,20+;19-,20-;13-;/m10100./s1. The van der Waals surface area contributed by atoms with Gasteiger partial charge < -0.3 is 29.6 Å². The fourth-order valence-corrected chi connectivity index (χ4v) is 15.8. The van der Waals surface area contributed by atoms with Crippen LogP contribution < -0.4 is 15.4 Å². The van der Waals surface area contributed by atoms with E-state index in [-0.39, 0.29) is 98.9 Å². The first kappa shape index (κ1) is 109. The smallest absolute Gasteiger partial charge is 0.415 e. The number of pyridine rings is 1. The summed E-state index contributed by atoms with van der Waals surface area (Å²) in [5.74, 6) is 32.3. The fourth-order valence-electron chi connectivity index (χ4n) is 15.3. The lowest BCUT2D eigenvalue weighted by Gasteiger charge is -2.38. The molecular weight excluding hydrogens is 1940 g/mol. The average Bonchev–Trinajstić information content (AvgIpc) is 0.808. The second-order valence-corrected chi connectivity index (χ2v) is 40.4. The van der Waals surface area contributed by atoms with Crippen LogP contribution in [0.15, 0.2) is 310 Å². The minimum atomic E-state index is -1.72. The minimum absolute atomic E-state index is 0.0303. The molecule has 27 heteroatoms. The number of methoxy groups -OCH3 is 1. The number of Topliss-reactive ketones (excluding diaryl/α,β-unsaturated/α-hetero) is 4. The summed E-state index contributed by atoms with van der Waals surface area (Å²) >= 11 is 51.1. The zero-order valence-electron chi connectivity index (χ0n) is 76.4. The number of hydrogen-bond acceptors (Lipinski definition) is 15. The molecule has 18 nitrogen and oxygen atoms in total. The first-order valence-corrected chi connectivity index (χ1v) is 48.7. The second-order valence-electron chi connectivity index (χ2n) is 32.9. The summed E-state index contributed by atoms with van der Waals surface area (Å²) in [7, 11) is 1.63. The lowest BCUT2D eigenvalue weighted by atomic mass is 9.91. The van der Waals surface area contributed by atoms with Gasteiger partial charge in [-0.1, -0.05) is 376 Å². The molecule has 0 radical (unpaired) electrons. The number of aromatic nitrogens is 1. The number of ketones is 5. The Hall–Kier alpha value is -11.8. The average molecular weight is 2050 g/mol. The number of carbonyl (C=O) groups is 8. The van der Waals surface area contributed by atoms with Crippen LogP contribution in [-0.2, 0) is 63.9 Å². The molecule has 15 rings (SSSR count). The topological polar surface area (TPSA) is 220 Å². The number of halogens is 9. The number of amides is 3. The van der Waals surface area contributed by atoms with Gasteiger partial charge in [0.1, 0.15) is 66.8 Å². The predicted octanol–water partition coefficient (Wildman–Crippen LogP) is 22.7. The highest BCUT2D eigenvalue weighted by atomic mass is 35.6. The molecular formula is C112H105Cl9N6O12. The number of nitrogens with one attached hydrogen (secondary N) is 2. The van der Waals surface area contributed by atoms with E-state index in [0.29, 0.717) is 62.9 Å². The predicted molar refractivity (Wildman–Crippen MR) is 553 cm³/mol. The Morgan fingerprint density at radius 1 is 0.338 bits per heavy atom. The number of alkyl halides is 9. The van der Waals surface area contributed by atoms with Gasteiger partial charge in [-0.3, -0.25) is 43.7 Å². The van der Waals surface area contributed by atoms with Crippen LogP contribution >= 0.6 is 104 Å². The molecule has 6 heterocycles. The Morgan fingerprint density at radius 3 is 0.921 bits per heavy atom. The van der Waals surface area contributed by atoms with Crippen LogP contribution in [0, 0.1) is 59.2 Å². The van der Waals surface area contributed by atoms with Gasteiger partial charge in [-0.15, -0.1) is 0 Å². The number of benzene rings is 9. The summed E-state index contributed by atoms with van der Waals surface area (Å²) in [6, 6.07) is 90.0. The molecule has 4 fully saturated rings. The molecule has 9 aromatic carbocycles. The minimum Gasteiger partial charge on any atom is -0.497 e. The van der Waals surface area contributed by atoms with E-state index in [9.17, 15) is 38.4 Å². The maximum atomic E-state index is 12.9. The van der Waals surface area contributed by atoms with Gasteiger partial charge in [0, 0.05) is 128 Å². The van der Waals surface area contributed by atoms with Crippen LogP contribution in [0.5, 0.6) is 5.75 Å². The highest BCUT2D eigenvalue weighted by Crippen LogP contribution is 2.33. The van der Waals surface area contributed by atoms with Crippen molar-refractivity contribution in [3.8, 4) is 65.0 Å². The Kier molecular flexibility index (Phi) is 45.8. The van der Waals surface area contributed by atoms with Gasteiger partial charge in [-0.2, -0.15) is 0 Å². The van der Waals surface area contributed by atoms with Gasteiger partial charge in [0.05, 0.1) is 19.2 Å². The third kappa shape index (κ3) is 42.4. The zero-order valence-corrected chi connectivity index (χ0v) is 83.2. The van der Waals surface area contributed by atoms with Gasteiger partial charge >= 0.3 is 18.3 Å². The first-order chi connectivity index (χ1) is 67.0. The molecule has 1 aromatic heterocycles. The molecule has 5 aliphatic heterocycles. The molecule has 4 saturated heterocycles. The number of hydrogen-bond donors (Lipinski definition) is 2. The van der Waals surface area contributed by atoms with Gasteiger partial charge in [-0.05, 0) is 152 Å². The molecule has 10 aromatic rings. The normalized spacial score (nSPS) is 18.6. The van der Waals surface area contributed by atoms with Crippen LogP contribution in [0.4, 0.5) is 14.4 Å². The van der Waals surface area contributed by atoms with Crippen molar-refractivity contribution in [2.45, 2.75) is 175 Å². The molecule has 0 spiro atoms. The van der Waals surface area contributed by atoms with Crippen molar-refractivity contribution in [2.75, 3.05) is 26.9 Å². The number of likely N-dealkylation sites (tertiary alicyclic amines) is 2. The molecule has 0 aliphatic carbocycles. The van der Waals surface area contributed by atoms with Crippen molar-refractivity contribution < 1.29 is 57.3 Å². The Bertz CT molecular complexity index is 5660. The summed E-state index contributed by atoms with van der Waals surface area (Å²) in [4.78, 5) is 107. The number of ether oxygens (including phenoxy) is 4. The van der Waals surface area contributed by atoms with Crippen molar-refractivity contribution >= 4 is 152 Å². The largest absolute Gasteiger partial charge is 0.497 e. The SMILES string of the molecule is COc1ccncc1.O=C1C=CN(C(=O)OCC(Cl)(Cl)Cl)[C@@H](C#Cc2ccccc2)C1.O=C1C[C@@H](CCc2ccccc2)N(C(=O)OCC(Cl)(Cl)Cl)[C@@H](C#Cc2ccccc2)C1.O=C1C[C@@H](CCc2ccccc2)N[C@@H](C#Cc2ccccc2)C1.O=C1C[C@H](CCc2ccccc2)N(C(=O)OCC(Cl)(Cl)Cl)[C@@H](C#Cc2ccccc2)C1.O=C1C[C@H](CCc2ccccc2)N[C@@H](C#Cc2ccccc2)C1. The summed E-state index contributed by atoms with van der Waals surface area (Å²) in [5.41, 5.74) is 9.26. The van der Waals surface area contributed by atoms with Gasteiger partial charge in [0.2, 0.25) is 11.4 Å². The molecule has 5 aliphatic rings. The lowest BCUT2D eigenvalue weighted by Crippen LogP contribution is -2.52. The van der Waals surface area contributed by atoms with E-state index < -0.39 is 54.4 Å². The van der Waals surface area contributed by atoms with Gasteiger partial charge in [-0.25, -0.2) is 14.4 Å². The van der Waals surface area contributed by atoms with Crippen LogP contribution in [0.25, 0.3) is 0 Å². The van der Waals surface area contributed by atoms with Crippen molar-refractivity contribution in [1.29, 1.82) is 0 Å². The van der Waals surface area contributed by atoms with E-state index in [1.165, 1.54) is 38.1 Å². The quantitative estimate of drug-likeness (QED) is 0.0522. The zero-order chi connectivity index (χ0) is 99.0. The second kappa shape index (κ2) is 58.3. The molecule has 0 unspecified atom stereocenters. The highest BCUT2D eigenvalue weighted by Gasteiger charge is 2.41. The van der Waals surface area contributed by atoms with E-state index >= 15 is 0 Å². The summed E-state index contributed by atoms with van der Waals surface area (Å²) in [5, 5.41) is 7.06. The molecule has 139 heavy (non-hydrogen) atoms. The molecule has 3 amide bonds. The van der Waals surface area contributed by atoms with Crippen LogP contribution in [-0.4, -0.2) is 160 Å². The Balaban J connectivity index is 0.000000176. The third-order valence-corrected chi connectivity index (χ3v) is 22.9. The molecule has 2 N–H and O–H groups in total. The molecule has 0 saturated carbocycles. The number of nitrogens with zero attached hydrogens (tertiary/aromatic N) is 4. The molecule has 9 atom stereocenters. The maximum absolute atomic E-state index is 12.9. The number of rotatable bonds is 16. The van der Waals surface area contributed by atoms with E-state index in [4.69, 9.17) is 123 Å². The van der Waals surface area contributed by atoms with E-state index in [1.807, 2.05) is 224 Å². The summed E-state index contributed by atoms with van der Waals surface area (Å²) in [6.07, 6.45) is 13.7. The first-order valence-electron chi connectivity index (χ1n) is 45.3. The van der Waals surface area contributed by atoms with Crippen LogP contribution in [0.1, 0.15) is 134 Å². The lowest BCUT2D eigenvalue weighted by molar-refractivity contribution is -0.124. The Labute approximate surface area is 859 Å². The summed E-state index contributed by atoms with van der Waals surface area (Å²) in [6.45, 7) is -1.16. The number of allylic oxidation sites excluding steroid dienone is 1.